The van der Waals surface area contributed by atoms with Crippen LogP contribution in [-0.2, 0) is 9.53 Å². The minimum absolute atomic E-state index is 0.0524. The number of methoxy groups -OCH3 is 1. The average Bonchev–Trinajstić information content (AvgIpc) is 2.70. The van der Waals surface area contributed by atoms with Gasteiger partial charge in [0.1, 0.15) is 11.9 Å². The lowest BCUT2D eigenvalue weighted by molar-refractivity contribution is -0.142. The number of hydrogen-bond donors (Lipinski definition) is 1. The Hall–Kier alpha value is -1.55. The summed E-state index contributed by atoms with van der Waals surface area (Å²) in [4.78, 5) is 11.2. The topological polar surface area (TPSA) is 55.8 Å². The van der Waals surface area contributed by atoms with Gasteiger partial charge in [-0.3, -0.25) is 4.79 Å². The quantitative estimate of drug-likeness (QED) is 0.778. The van der Waals surface area contributed by atoms with Crippen molar-refractivity contribution in [2.45, 2.75) is 18.4 Å². The van der Waals surface area contributed by atoms with E-state index in [-0.39, 0.29) is 18.5 Å². The minimum Gasteiger partial charge on any atom is -0.497 e. The predicted molar refractivity (Wildman–Crippen MR) is 57.3 cm³/mol. The van der Waals surface area contributed by atoms with Gasteiger partial charge in [-0.15, -0.1) is 0 Å². The molecule has 86 valence electrons. The number of esters is 1. The van der Waals surface area contributed by atoms with E-state index in [9.17, 15) is 4.79 Å². The highest BCUT2D eigenvalue weighted by Gasteiger charge is 2.35. The van der Waals surface area contributed by atoms with Crippen LogP contribution in [0, 0.1) is 0 Å². The van der Waals surface area contributed by atoms with Gasteiger partial charge in [0.05, 0.1) is 20.1 Å². The Morgan fingerprint density at radius 3 is 2.69 bits per heavy atom. The van der Waals surface area contributed by atoms with E-state index in [4.69, 9.17) is 14.6 Å². The highest BCUT2D eigenvalue weighted by molar-refractivity contribution is 5.73. The SMILES string of the molecule is COc1ccc([C@@H]2CC(=O)O[C@H]2CO)cc1. The summed E-state index contributed by atoms with van der Waals surface area (Å²) in [5.74, 6) is 0.470. The van der Waals surface area contributed by atoms with E-state index in [0.29, 0.717) is 6.42 Å². The Labute approximate surface area is 93.8 Å². The maximum absolute atomic E-state index is 11.2. The zero-order chi connectivity index (χ0) is 11.5. The summed E-state index contributed by atoms with van der Waals surface area (Å²) in [6, 6.07) is 7.47. The fourth-order valence-corrected chi connectivity index (χ4v) is 1.96. The summed E-state index contributed by atoms with van der Waals surface area (Å²) in [5.41, 5.74) is 0.991. The van der Waals surface area contributed by atoms with Gasteiger partial charge in [-0.1, -0.05) is 12.1 Å². The molecule has 2 atom stereocenters. The largest absolute Gasteiger partial charge is 0.497 e. The van der Waals surface area contributed by atoms with Crippen molar-refractivity contribution < 1.29 is 19.4 Å². The van der Waals surface area contributed by atoms with Gasteiger partial charge in [-0.2, -0.15) is 0 Å². The van der Waals surface area contributed by atoms with Gasteiger partial charge in [0, 0.05) is 5.92 Å². The zero-order valence-electron chi connectivity index (χ0n) is 9.05. The molecule has 1 aliphatic heterocycles. The molecule has 1 aliphatic rings. The van der Waals surface area contributed by atoms with Crippen LogP contribution in [0.5, 0.6) is 5.75 Å². The van der Waals surface area contributed by atoms with Crippen molar-refractivity contribution >= 4 is 5.97 Å². The number of carbonyl (C=O) groups is 1. The number of aliphatic hydroxyl groups excluding tert-OH is 1. The summed E-state index contributed by atoms with van der Waals surface area (Å²) in [6.45, 7) is -0.136. The molecule has 0 bridgehead atoms. The molecule has 4 heteroatoms. The van der Waals surface area contributed by atoms with Crippen molar-refractivity contribution in [1.82, 2.24) is 0 Å². The molecule has 1 aromatic rings. The number of benzene rings is 1. The lowest BCUT2D eigenvalue weighted by Crippen LogP contribution is -2.18. The van der Waals surface area contributed by atoms with Crippen LogP contribution in [0.15, 0.2) is 24.3 Å². The van der Waals surface area contributed by atoms with Crippen LogP contribution in [0.25, 0.3) is 0 Å². The van der Waals surface area contributed by atoms with E-state index < -0.39 is 6.10 Å². The number of hydrogen-bond acceptors (Lipinski definition) is 4. The molecule has 0 aliphatic carbocycles. The van der Waals surface area contributed by atoms with Crippen molar-refractivity contribution in [3.63, 3.8) is 0 Å². The second kappa shape index (κ2) is 4.53. The van der Waals surface area contributed by atoms with Gasteiger partial charge in [0.15, 0.2) is 0 Å². The van der Waals surface area contributed by atoms with Crippen LogP contribution in [0.3, 0.4) is 0 Å². The zero-order valence-corrected chi connectivity index (χ0v) is 9.05. The van der Waals surface area contributed by atoms with Gasteiger partial charge in [0.2, 0.25) is 0 Å². The summed E-state index contributed by atoms with van der Waals surface area (Å²) in [7, 11) is 1.60. The molecule has 1 heterocycles. The molecular weight excluding hydrogens is 208 g/mol. The van der Waals surface area contributed by atoms with Crippen molar-refractivity contribution in [2.24, 2.45) is 0 Å². The predicted octanol–water partition coefficient (Wildman–Crippen LogP) is 1.09. The number of ether oxygens (including phenoxy) is 2. The summed E-state index contributed by atoms with van der Waals surface area (Å²) < 4.78 is 10.1. The molecule has 1 fully saturated rings. The smallest absolute Gasteiger partial charge is 0.306 e. The van der Waals surface area contributed by atoms with E-state index in [1.807, 2.05) is 24.3 Å². The van der Waals surface area contributed by atoms with Crippen LogP contribution >= 0.6 is 0 Å². The first-order valence-electron chi connectivity index (χ1n) is 5.19. The highest BCUT2D eigenvalue weighted by Crippen LogP contribution is 2.32. The molecule has 1 aromatic carbocycles. The van der Waals surface area contributed by atoms with Crippen LogP contribution in [0.1, 0.15) is 17.9 Å². The Bertz CT molecular complexity index is 371. The monoisotopic (exact) mass is 222 g/mol. The lowest BCUT2D eigenvalue weighted by atomic mass is 9.93. The van der Waals surface area contributed by atoms with E-state index in [0.717, 1.165) is 11.3 Å². The molecule has 1 N–H and O–H groups in total. The maximum atomic E-state index is 11.2. The molecule has 16 heavy (non-hydrogen) atoms. The summed E-state index contributed by atoms with van der Waals surface area (Å²) in [6.07, 6.45) is -0.0849. The maximum Gasteiger partial charge on any atom is 0.306 e. The number of aliphatic hydroxyl groups is 1. The molecular formula is C12H14O4. The summed E-state index contributed by atoms with van der Waals surface area (Å²) >= 11 is 0. The molecule has 0 radical (unpaired) electrons. The molecule has 0 aromatic heterocycles. The van der Waals surface area contributed by atoms with Gasteiger partial charge in [-0.05, 0) is 17.7 Å². The van der Waals surface area contributed by atoms with Crippen LogP contribution in [0.2, 0.25) is 0 Å². The van der Waals surface area contributed by atoms with E-state index in [1.165, 1.54) is 0 Å². The minimum atomic E-state index is -0.416. The Morgan fingerprint density at radius 1 is 1.44 bits per heavy atom. The number of cyclic esters (lactones) is 1. The van der Waals surface area contributed by atoms with Crippen molar-refractivity contribution in [2.75, 3.05) is 13.7 Å². The molecule has 0 spiro atoms. The number of rotatable bonds is 3. The van der Waals surface area contributed by atoms with Crippen molar-refractivity contribution in [3.8, 4) is 5.75 Å². The second-order valence-electron chi connectivity index (χ2n) is 3.79. The Balaban J connectivity index is 2.19. The molecule has 1 saturated heterocycles. The third-order valence-corrected chi connectivity index (χ3v) is 2.84. The average molecular weight is 222 g/mol. The first kappa shape index (κ1) is 11.0. The van der Waals surface area contributed by atoms with Crippen LogP contribution in [-0.4, -0.2) is 30.9 Å². The third kappa shape index (κ3) is 2.02. The van der Waals surface area contributed by atoms with Gasteiger partial charge in [0.25, 0.3) is 0 Å². The van der Waals surface area contributed by atoms with Gasteiger partial charge >= 0.3 is 5.97 Å². The van der Waals surface area contributed by atoms with E-state index in [1.54, 1.807) is 7.11 Å². The van der Waals surface area contributed by atoms with Crippen LogP contribution < -0.4 is 4.74 Å². The fraction of sp³-hybridized carbons (Fsp3) is 0.417. The molecule has 0 saturated carbocycles. The number of carbonyl (C=O) groups excluding carboxylic acids is 1. The second-order valence-corrected chi connectivity index (χ2v) is 3.79. The van der Waals surface area contributed by atoms with Gasteiger partial charge < -0.3 is 14.6 Å². The van der Waals surface area contributed by atoms with Gasteiger partial charge in [-0.25, -0.2) is 0 Å². The molecule has 0 unspecified atom stereocenters. The molecule has 0 amide bonds. The summed E-state index contributed by atoms with van der Waals surface area (Å²) in [5, 5.41) is 9.11. The third-order valence-electron chi connectivity index (χ3n) is 2.84. The normalized spacial score (nSPS) is 24.2. The molecule has 4 nitrogen and oxygen atoms in total. The van der Waals surface area contributed by atoms with E-state index in [2.05, 4.69) is 0 Å². The standard InChI is InChI=1S/C12H14O4/c1-15-9-4-2-8(3-5-9)10-6-12(14)16-11(10)7-13/h2-5,10-11,13H,6-7H2,1H3/t10-,11-/m0/s1. The van der Waals surface area contributed by atoms with E-state index >= 15 is 0 Å². The Morgan fingerprint density at radius 2 is 2.12 bits per heavy atom. The lowest BCUT2D eigenvalue weighted by Gasteiger charge is -2.15. The highest BCUT2D eigenvalue weighted by atomic mass is 16.6. The molecule has 2 rings (SSSR count). The fourth-order valence-electron chi connectivity index (χ4n) is 1.96. The first-order valence-corrected chi connectivity index (χ1v) is 5.19. The van der Waals surface area contributed by atoms with Crippen molar-refractivity contribution in [1.29, 1.82) is 0 Å². The van der Waals surface area contributed by atoms with Crippen molar-refractivity contribution in [3.05, 3.63) is 29.8 Å². The first-order chi connectivity index (χ1) is 7.74. The van der Waals surface area contributed by atoms with Crippen LogP contribution in [0.4, 0.5) is 0 Å². The Kier molecular flexibility index (Phi) is 3.10.